The summed E-state index contributed by atoms with van der Waals surface area (Å²) in [5.74, 6) is 0.797. The molecule has 2 aromatic heterocycles. The highest BCUT2D eigenvalue weighted by Crippen LogP contribution is 2.32. The number of para-hydroxylation sites is 2. The Morgan fingerprint density at radius 3 is 2.83 bits per heavy atom. The van der Waals surface area contributed by atoms with E-state index < -0.39 is 0 Å². The molecule has 4 heteroatoms. The number of aromatic nitrogens is 1. The number of aromatic amines is 1. The molecule has 0 amide bonds. The Hall–Kier alpha value is -2.98. The van der Waals surface area contributed by atoms with Crippen LogP contribution in [-0.4, -0.2) is 36.1 Å². The molecule has 29 heavy (non-hydrogen) atoms. The van der Waals surface area contributed by atoms with E-state index in [-0.39, 0.29) is 0 Å². The smallest absolute Gasteiger partial charge is 0.175 e. The van der Waals surface area contributed by atoms with Gasteiger partial charge in [0.05, 0.1) is 13.4 Å². The first-order valence-corrected chi connectivity index (χ1v) is 10.3. The van der Waals surface area contributed by atoms with Gasteiger partial charge >= 0.3 is 0 Å². The van der Waals surface area contributed by atoms with Crippen LogP contribution in [0.4, 0.5) is 0 Å². The van der Waals surface area contributed by atoms with Gasteiger partial charge in [0.2, 0.25) is 0 Å². The van der Waals surface area contributed by atoms with Gasteiger partial charge in [0.15, 0.2) is 11.3 Å². The molecule has 4 aromatic rings. The fraction of sp³-hybridized carbons (Fsp3) is 0.280. The van der Waals surface area contributed by atoms with Crippen LogP contribution in [0.15, 0.2) is 65.4 Å². The van der Waals surface area contributed by atoms with Crippen molar-refractivity contribution < 1.29 is 9.15 Å². The van der Waals surface area contributed by atoms with Gasteiger partial charge < -0.3 is 14.1 Å². The molecule has 0 spiro atoms. The molecule has 0 radical (unpaired) electrons. The highest BCUT2D eigenvalue weighted by Gasteiger charge is 2.21. The number of fused-ring (bicyclic) bond motifs is 2. The molecule has 0 saturated carbocycles. The van der Waals surface area contributed by atoms with E-state index in [1.807, 2.05) is 18.4 Å². The van der Waals surface area contributed by atoms with Gasteiger partial charge in [-0.15, -0.1) is 0 Å². The summed E-state index contributed by atoms with van der Waals surface area (Å²) in [6, 6.07) is 15.1. The van der Waals surface area contributed by atoms with Gasteiger partial charge in [0.25, 0.3) is 0 Å². The summed E-state index contributed by atoms with van der Waals surface area (Å²) in [5.41, 5.74) is 6.10. The Bertz CT molecular complexity index is 1180. The van der Waals surface area contributed by atoms with Crippen LogP contribution in [0.25, 0.3) is 27.4 Å². The molecular formula is C25H26N2O2. The minimum Gasteiger partial charge on any atom is -0.493 e. The molecule has 1 N–H and O–H groups in total. The van der Waals surface area contributed by atoms with Crippen molar-refractivity contribution in [2.45, 2.75) is 25.8 Å². The van der Waals surface area contributed by atoms with E-state index in [0.717, 1.165) is 42.6 Å². The lowest BCUT2D eigenvalue weighted by Gasteiger charge is -2.31. The van der Waals surface area contributed by atoms with Gasteiger partial charge in [-0.05, 0) is 43.0 Å². The molecule has 3 heterocycles. The molecule has 1 aliphatic heterocycles. The summed E-state index contributed by atoms with van der Waals surface area (Å²) in [6.07, 6.45) is 8.48. The fourth-order valence-electron chi connectivity index (χ4n) is 4.52. The van der Waals surface area contributed by atoms with Gasteiger partial charge in [-0.3, -0.25) is 4.90 Å². The summed E-state index contributed by atoms with van der Waals surface area (Å²) in [7, 11) is 1.69. The molecule has 1 aliphatic rings. The number of benzene rings is 2. The van der Waals surface area contributed by atoms with Gasteiger partial charge in [-0.2, -0.15) is 0 Å². The van der Waals surface area contributed by atoms with Crippen LogP contribution in [0.3, 0.4) is 0 Å². The van der Waals surface area contributed by atoms with E-state index in [1.54, 1.807) is 7.11 Å². The zero-order chi connectivity index (χ0) is 19.8. The lowest BCUT2D eigenvalue weighted by atomic mass is 9.97. The second kappa shape index (κ2) is 7.45. The number of methoxy groups -OCH3 is 1. The van der Waals surface area contributed by atoms with E-state index in [0.29, 0.717) is 6.04 Å². The number of ether oxygens (including phenoxy) is 1. The maximum atomic E-state index is 5.81. The van der Waals surface area contributed by atoms with Crippen LogP contribution in [0.1, 0.15) is 24.5 Å². The average Bonchev–Trinajstić information content (AvgIpc) is 3.38. The summed E-state index contributed by atoms with van der Waals surface area (Å²) in [5, 5.41) is 2.47. The molecule has 0 aliphatic carbocycles. The Balaban J connectivity index is 1.32. The highest BCUT2D eigenvalue weighted by molar-refractivity contribution is 5.92. The molecule has 148 valence electrons. The molecule has 0 saturated heterocycles. The van der Waals surface area contributed by atoms with Crippen molar-refractivity contribution in [1.29, 1.82) is 0 Å². The van der Waals surface area contributed by atoms with Gasteiger partial charge in [0, 0.05) is 47.2 Å². The minimum atomic E-state index is 0.447. The predicted octanol–water partition coefficient (Wildman–Crippen LogP) is 5.64. The van der Waals surface area contributed by atoms with E-state index in [4.69, 9.17) is 9.15 Å². The molecule has 0 bridgehead atoms. The van der Waals surface area contributed by atoms with Crippen molar-refractivity contribution in [2.75, 3.05) is 20.2 Å². The maximum Gasteiger partial charge on any atom is 0.175 e. The number of H-pyrrole nitrogens is 1. The van der Waals surface area contributed by atoms with Gasteiger partial charge in [0.1, 0.15) is 0 Å². The first-order valence-electron chi connectivity index (χ1n) is 10.3. The number of furan rings is 1. The first-order chi connectivity index (χ1) is 14.2. The quantitative estimate of drug-likeness (QED) is 0.482. The zero-order valence-corrected chi connectivity index (χ0v) is 16.9. The fourth-order valence-corrected chi connectivity index (χ4v) is 4.52. The van der Waals surface area contributed by atoms with Crippen LogP contribution < -0.4 is 4.74 Å². The summed E-state index contributed by atoms with van der Waals surface area (Å²) in [4.78, 5) is 5.95. The largest absolute Gasteiger partial charge is 0.493 e. The van der Waals surface area contributed by atoms with Crippen LogP contribution in [0.5, 0.6) is 5.75 Å². The van der Waals surface area contributed by atoms with Crippen LogP contribution in [0, 0.1) is 0 Å². The number of nitrogens with zero attached hydrogens (tertiary/aromatic N) is 1. The second-order valence-electron chi connectivity index (χ2n) is 7.87. The zero-order valence-electron chi connectivity index (χ0n) is 16.9. The maximum absolute atomic E-state index is 5.81. The van der Waals surface area contributed by atoms with Crippen LogP contribution in [-0.2, 0) is 6.42 Å². The Morgan fingerprint density at radius 1 is 1.14 bits per heavy atom. The molecule has 5 rings (SSSR count). The summed E-state index contributed by atoms with van der Waals surface area (Å²) in [6.45, 7) is 4.37. The monoisotopic (exact) mass is 386 g/mol. The topological polar surface area (TPSA) is 41.4 Å². The molecule has 1 atom stereocenters. The van der Waals surface area contributed by atoms with E-state index in [2.05, 4.69) is 59.4 Å². The molecule has 1 unspecified atom stereocenters. The predicted molar refractivity (Wildman–Crippen MR) is 118 cm³/mol. The lowest BCUT2D eigenvalue weighted by Crippen LogP contribution is -2.37. The van der Waals surface area contributed by atoms with Crippen molar-refractivity contribution in [1.82, 2.24) is 9.88 Å². The number of rotatable bonds is 5. The SMILES string of the molecule is COc1cccc2c(CC(C)N3CC=C(c4c[nH]c5ccccc45)CC3)coc12. The average molecular weight is 386 g/mol. The molecule has 2 aromatic carbocycles. The first kappa shape index (κ1) is 18.1. The van der Waals surface area contributed by atoms with Crippen LogP contribution in [0.2, 0.25) is 0 Å². The standard InChI is InChI=1S/C25H26N2O2/c1-17(14-19-16-29-25-20(19)7-5-9-24(25)28-2)27-12-10-18(11-13-27)22-15-26-23-8-4-3-6-21(22)23/h3-10,15-17,26H,11-14H2,1-2H3. The normalized spacial score (nSPS) is 16.3. The highest BCUT2D eigenvalue weighted by atomic mass is 16.5. The third-order valence-electron chi connectivity index (χ3n) is 6.18. The number of hydrogen-bond donors (Lipinski definition) is 1. The van der Waals surface area contributed by atoms with E-state index >= 15 is 0 Å². The van der Waals surface area contributed by atoms with Crippen molar-refractivity contribution in [3.8, 4) is 5.75 Å². The summed E-state index contributed by atoms with van der Waals surface area (Å²) >= 11 is 0. The third kappa shape index (κ3) is 3.23. The van der Waals surface area contributed by atoms with Crippen molar-refractivity contribution >= 4 is 27.4 Å². The van der Waals surface area contributed by atoms with Gasteiger partial charge in [-0.1, -0.05) is 36.4 Å². The number of hydrogen-bond acceptors (Lipinski definition) is 3. The van der Waals surface area contributed by atoms with E-state index in [9.17, 15) is 0 Å². The Kier molecular flexibility index (Phi) is 4.64. The Labute approximate surface area is 170 Å². The second-order valence-corrected chi connectivity index (χ2v) is 7.87. The van der Waals surface area contributed by atoms with Gasteiger partial charge in [-0.25, -0.2) is 0 Å². The van der Waals surface area contributed by atoms with E-state index in [1.165, 1.54) is 27.6 Å². The number of nitrogens with one attached hydrogen (secondary N) is 1. The summed E-state index contributed by atoms with van der Waals surface area (Å²) < 4.78 is 11.2. The lowest BCUT2D eigenvalue weighted by molar-refractivity contribution is 0.229. The van der Waals surface area contributed by atoms with Crippen LogP contribution >= 0.6 is 0 Å². The molecule has 0 fully saturated rings. The third-order valence-corrected chi connectivity index (χ3v) is 6.18. The van der Waals surface area contributed by atoms with Crippen molar-refractivity contribution in [2.24, 2.45) is 0 Å². The molecule has 4 nitrogen and oxygen atoms in total. The molecular weight excluding hydrogens is 360 g/mol. The minimum absolute atomic E-state index is 0.447. The Morgan fingerprint density at radius 2 is 2.00 bits per heavy atom. The van der Waals surface area contributed by atoms with Crippen molar-refractivity contribution in [3.05, 3.63) is 72.1 Å². The van der Waals surface area contributed by atoms with Crippen molar-refractivity contribution in [3.63, 3.8) is 0 Å².